The Morgan fingerprint density at radius 1 is 1.19 bits per heavy atom. The van der Waals surface area contributed by atoms with E-state index in [0.29, 0.717) is 13.0 Å². The second-order valence-corrected chi connectivity index (χ2v) is 6.19. The van der Waals surface area contributed by atoms with Crippen molar-refractivity contribution in [2.45, 2.75) is 32.7 Å². The molecule has 1 N–H and O–H groups in total. The first-order valence-corrected chi connectivity index (χ1v) is 8.34. The van der Waals surface area contributed by atoms with E-state index in [2.05, 4.69) is 6.92 Å². The van der Waals surface area contributed by atoms with Crippen LogP contribution < -0.4 is 0 Å². The van der Waals surface area contributed by atoms with E-state index in [1.807, 2.05) is 11.8 Å². The summed E-state index contributed by atoms with van der Waals surface area (Å²) >= 11 is 1.82. The van der Waals surface area contributed by atoms with Crippen molar-refractivity contribution in [1.29, 1.82) is 0 Å². The van der Waals surface area contributed by atoms with Gasteiger partial charge >= 0.3 is 5.97 Å². The van der Waals surface area contributed by atoms with Crippen LogP contribution in [-0.4, -0.2) is 40.4 Å². The van der Waals surface area contributed by atoms with E-state index in [1.165, 1.54) is 12.8 Å². The highest BCUT2D eigenvalue weighted by Crippen LogP contribution is 2.10. The van der Waals surface area contributed by atoms with E-state index >= 15 is 0 Å². The van der Waals surface area contributed by atoms with Gasteiger partial charge in [-0.15, -0.1) is 0 Å². The van der Waals surface area contributed by atoms with Gasteiger partial charge in [0.1, 0.15) is 0 Å². The number of amides is 1. The van der Waals surface area contributed by atoms with Gasteiger partial charge in [-0.3, -0.25) is 4.79 Å². The zero-order valence-corrected chi connectivity index (χ0v) is 13.5. The molecular formula is C16H23NO3S. The van der Waals surface area contributed by atoms with Crippen molar-refractivity contribution < 1.29 is 14.7 Å². The van der Waals surface area contributed by atoms with E-state index in [0.717, 1.165) is 17.1 Å². The number of unbranched alkanes of at least 4 members (excludes halogenated alkanes) is 1. The van der Waals surface area contributed by atoms with Gasteiger partial charge < -0.3 is 10.0 Å². The summed E-state index contributed by atoms with van der Waals surface area (Å²) in [4.78, 5) is 24.4. The van der Waals surface area contributed by atoms with E-state index in [4.69, 9.17) is 5.11 Å². The van der Waals surface area contributed by atoms with Crippen molar-refractivity contribution in [2.24, 2.45) is 0 Å². The normalized spacial score (nSPS) is 10.4. The van der Waals surface area contributed by atoms with Crippen molar-refractivity contribution in [2.75, 3.05) is 18.6 Å². The number of nitrogens with zero attached hydrogens (tertiary/aromatic N) is 1. The summed E-state index contributed by atoms with van der Waals surface area (Å²) in [5, 5.41) is 8.84. The maximum Gasteiger partial charge on any atom is 0.335 e. The standard InChI is InChI=1S/C16H23NO3S/c1-3-4-10-21-11-9-15(18)17(2)12-13-5-7-14(8-6-13)16(19)20/h5-8H,3-4,9-12H2,1-2H3,(H,19,20). The molecule has 0 fully saturated rings. The molecule has 4 nitrogen and oxygen atoms in total. The molecule has 0 aliphatic rings. The molecule has 0 atom stereocenters. The fourth-order valence-electron chi connectivity index (χ4n) is 1.81. The molecule has 1 rings (SSSR count). The number of thioether (sulfide) groups is 1. The minimum Gasteiger partial charge on any atom is -0.478 e. The molecule has 0 saturated carbocycles. The van der Waals surface area contributed by atoms with Crippen LogP contribution >= 0.6 is 11.8 Å². The Hall–Kier alpha value is -1.49. The van der Waals surface area contributed by atoms with Crippen LogP contribution in [0.15, 0.2) is 24.3 Å². The quantitative estimate of drug-likeness (QED) is 0.711. The highest BCUT2D eigenvalue weighted by molar-refractivity contribution is 7.99. The Balaban J connectivity index is 2.36. The van der Waals surface area contributed by atoms with Crippen LogP contribution in [0, 0.1) is 0 Å². The number of carboxylic acid groups (broad SMARTS) is 1. The lowest BCUT2D eigenvalue weighted by atomic mass is 10.1. The first-order valence-electron chi connectivity index (χ1n) is 7.18. The molecule has 0 bridgehead atoms. The molecule has 0 heterocycles. The highest BCUT2D eigenvalue weighted by atomic mass is 32.2. The summed E-state index contributed by atoms with van der Waals surface area (Å²) in [6.07, 6.45) is 2.94. The third-order valence-corrected chi connectivity index (χ3v) is 4.22. The number of carbonyl (C=O) groups is 2. The topological polar surface area (TPSA) is 57.6 Å². The van der Waals surface area contributed by atoms with Crippen LogP contribution in [0.1, 0.15) is 42.1 Å². The van der Waals surface area contributed by atoms with E-state index in [9.17, 15) is 9.59 Å². The van der Waals surface area contributed by atoms with Gasteiger partial charge in [0.2, 0.25) is 5.91 Å². The number of hydrogen-bond donors (Lipinski definition) is 1. The van der Waals surface area contributed by atoms with Crippen molar-refractivity contribution in [3.63, 3.8) is 0 Å². The molecule has 0 spiro atoms. The minimum atomic E-state index is -0.935. The van der Waals surface area contributed by atoms with Gasteiger partial charge in [0.25, 0.3) is 0 Å². The SMILES string of the molecule is CCCCSCCC(=O)N(C)Cc1ccc(C(=O)O)cc1. The lowest BCUT2D eigenvalue weighted by Crippen LogP contribution is -2.26. The molecule has 0 aromatic heterocycles. The van der Waals surface area contributed by atoms with Crippen molar-refractivity contribution in [1.82, 2.24) is 4.90 Å². The lowest BCUT2D eigenvalue weighted by molar-refractivity contribution is -0.129. The average molecular weight is 309 g/mol. The van der Waals surface area contributed by atoms with Crippen LogP contribution in [0.25, 0.3) is 0 Å². The van der Waals surface area contributed by atoms with Gasteiger partial charge in [-0.1, -0.05) is 25.5 Å². The van der Waals surface area contributed by atoms with Gasteiger partial charge in [-0.25, -0.2) is 4.79 Å². The van der Waals surface area contributed by atoms with Crippen LogP contribution in [0.3, 0.4) is 0 Å². The first kappa shape index (κ1) is 17.6. The largest absolute Gasteiger partial charge is 0.478 e. The predicted octanol–water partition coefficient (Wildman–Crippen LogP) is 3.27. The Morgan fingerprint density at radius 2 is 1.86 bits per heavy atom. The Bertz CT molecular complexity index is 459. The number of aromatic carboxylic acids is 1. The first-order chi connectivity index (χ1) is 10.0. The van der Waals surface area contributed by atoms with Crippen LogP contribution in [0.2, 0.25) is 0 Å². The molecule has 5 heteroatoms. The molecule has 0 saturated heterocycles. The summed E-state index contributed by atoms with van der Waals surface area (Å²) in [5.41, 5.74) is 1.20. The highest BCUT2D eigenvalue weighted by Gasteiger charge is 2.09. The van der Waals surface area contributed by atoms with Crippen LogP contribution in [0.4, 0.5) is 0 Å². The van der Waals surface area contributed by atoms with Gasteiger partial charge in [0.15, 0.2) is 0 Å². The number of carbonyl (C=O) groups excluding carboxylic acids is 1. The van der Waals surface area contributed by atoms with Crippen molar-refractivity contribution >= 4 is 23.6 Å². The lowest BCUT2D eigenvalue weighted by Gasteiger charge is -2.17. The van der Waals surface area contributed by atoms with Gasteiger partial charge in [-0.2, -0.15) is 11.8 Å². The summed E-state index contributed by atoms with van der Waals surface area (Å²) in [7, 11) is 1.78. The molecule has 0 aliphatic heterocycles. The smallest absolute Gasteiger partial charge is 0.335 e. The fraction of sp³-hybridized carbons (Fsp3) is 0.500. The summed E-state index contributed by atoms with van der Waals surface area (Å²) in [6, 6.07) is 6.64. The van der Waals surface area contributed by atoms with Crippen molar-refractivity contribution in [3.8, 4) is 0 Å². The van der Waals surface area contributed by atoms with Crippen LogP contribution in [0.5, 0.6) is 0 Å². The van der Waals surface area contributed by atoms with E-state index in [1.54, 1.807) is 36.2 Å². The second-order valence-electron chi connectivity index (χ2n) is 4.97. The predicted molar refractivity (Wildman–Crippen MR) is 86.7 cm³/mol. The number of benzene rings is 1. The van der Waals surface area contributed by atoms with Crippen molar-refractivity contribution in [3.05, 3.63) is 35.4 Å². The average Bonchev–Trinajstić information content (AvgIpc) is 2.47. The zero-order chi connectivity index (χ0) is 15.7. The summed E-state index contributed by atoms with van der Waals surface area (Å²) < 4.78 is 0. The Kier molecular flexibility index (Phi) is 7.90. The number of carboxylic acids is 1. The summed E-state index contributed by atoms with van der Waals surface area (Å²) in [6.45, 7) is 2.67. The fourth-order valence-corrected chi connectivity index (χ4v) is 2.83. The monoisotopic (exact) mass is 309 g/mol. The molecule has 1 aromatic rings. The van der Waals surface area contributed by atoms with E-state index in [-0.39, 0.29) is 11.5 Å². The Morgan fingerprint density at radius 3 is 2.43 bits per heavy atom. The molecule has 0 aliphatic carbocycles. The number of hydrogen-bond acceptors (Lipinski definition) is 3. The maximum atomic E-state index is 12.0. The molecule has 0 radical (unpaired) electrons. The molecule has 1 amide bonds. The molecule has 1 aromatic carbocycles. The third kappa shape index (κ3) is 6.67. The van der Waals surface area contributed by atoms with Crippen LogP contribution in [-0.2, 0) is 11.3 Å². The molecule has 21 heavy (non-hydrogen) atoms. The molecule has 116 valence electrons. The Labute approximate surface area is 130 Å². The zero-order valence-electron chi connectivity index (χ0n) is 12.7. The maximum absolute atomic E-state index is 12.0. The number of rotatable bonds is 9. The van der Waals surface area contributed by atoms with Gasteiger partial charge in [0, 0.05) is 25.8 Å². The van der Waals surface area contributed by atoms with E-state index < -0.39 is 5.97 Å². The van der Waals surface area contributed by atoms with Gasteiger partial charge in [-0.05, 0) is 29.9 Å². The summed E-state index contributed by atoms with van der Waals surface area (Å²) in [5.74, 6) is 1.17. The minimum absolute atomic E-state index is 0.126. The molecular weight excluding hydrogens is 286 g/mol. The second kappa shape index (κ2) is 9.45. The third-order valence-electron chi connectivity index (χ3n) is 3.15. The van der Waals surface area contributed by atoms with Gasteiger partial charge in [0.05, 0.1) is 5.56 Å². The molecule has 0 unspecified atom stereocenters.